The van der Waals surface area contributed by atoms with E-state index in [0.29, 0.717) is 19.6 Å². The van der Waals surface area contributed by atoms with Gasteiger partial charge in [-0.15, -0.1) is 11.3 Å². The van der Waals surface area contributed by atoms with E-state index >= 15 is 0 Å². The number of Topliss-reactive ketones (excluding diaryl/α,β-unsaturated/α-hetero) is 1. The highest BCUT2D eigenvalue weighted by molar-refractivity contribution is 7.12. The second kappa shape index (κ2) is 8.31. The number of hydrogen-bond donors (Lipinski definition) is 1. The van der Waals surface area contributed by atoms with E-state index in [1.165, 1.54) is 11.3 Å². The van der Waals surface area contributed by atoms with Crippen LogP contribution in [0.2, 0.25) is 0 Å². The zero-order valence-corrected chi connectivity index (χ0v) is 14.1. The molecule has 0 atom stereocenters. The van der Waals surface area contributed by atoms with Crippen molar-refractivity contribution in [1.29, 1.82) is 0 Å². The standard InChI is InChI=1S/C20H19NO2S/c22-19(20-7-4-14-24-20)12-13-21-17-8-10-18(11-9-17)23-15-16-5-2-1-3-6-16/h1-11,14,21H,12-13,15H2. The highest BCUT2D eigenvalue weighted by atomic mass is 32.1. The molecule has 1 heterocycles. The van der Waals surface area contributed by atoms with Crippen LogP contribution in [0.5, 0.6) is 5.75 Å². The van der Waals surface area contributed by atoms with Gasteiger partial charge in [-0.3, -0.25) is 4.79 Å². The molecule has 1 N–H and O–H groups in total. The maximum Gasteiger partial charge on any atom is 0.174 e. The zero-order chi connectivity index (χ0) is 16.6. The molecule has 3 aromatic rings. The number of carbonyl (C=O) groups excluding carboxylic acids is 1. The van der Waals surface area contributed by atoms with Gasteiger partial charge >= 0.3 is 0 Å². The van der Waals surface area contributed by atoms with Crippen molar-refractivity contribution in [2.75, 3.05) is 11.9 Å². The average molecular weight is 337 g/mol. The third-order valence-corrected chi connectivity index (χ3v) is 4.49. The second-order valence-corrected chi connectivity index (χ2v) is 6.32. The maximum atomic E-state index is 11.9. The lowest BCUT2D eigenvalue weighted by molar-refractivity contribution is 0.0990. The Balaban J connectivity index is 1.43. The fourth-order valence-electron chi connectivity index (χ4n) is 2.29. The van der Waals surface area contributed by atoms with Crippen LogP contribution >= 0.6 is 11.3 Å². The molecule has 0 radical (unpaired) electrons. The minimum absolute atomic E-state index is 0.181. The molecule has 3 nitrogen and oxygen atoms in total. The predicted octanol–water partition coefficient (Wildman–Crippen LogP) is 5.01. The molecule has 24 heavy (non-hydrogen) atoms. The zero-order valence-electron chi connectivity index (χ0n) is 13.3. The first-order valence-corrected chi connectivity index (χ1v) is 8.76. The lowest BCUT2D eigenvalue weighted by Crippen LogP contribution is -2.07. The van der Waals surface area contributed by atoms with Crippen molar-refractivity contribution in [3.63, 3.8) is 0 Å². The summed E-state index contributed by atoms with van der Waals surface area (Å²) in [5.74, 6) is 1.01. The van der Waals surface area contributed by atoms with E-state index in [0.717, 1.165) is 21.9 Å². The Morgan fingerprint density at radius 1 is 0.958 bits per heavy atom. The first-order chi connectivity index (χ1) is 11.8. The van der Waals surface area contributed by atoms with E-state index in [1.807, 2.05) is 72.1 Å². The molecule has 3 rings (SSSR count). The lowest BCUT2D eigenvalue weighted by Gasteiger charge is -2.09. The van der Waals surface area contributed by atoms with Crippen LogP contribution in [0.25, 0.3) is 0 Å². The third kappa shape index (κ3) is 4.70. The topological polar surface area (TPSA) is 38.3 Å². The van der Waals surface area contributed by atoms with Crippen LogP contribution in [0.4, 0.5) is 5.69 Å². The number of rotatable bonds is 8. The van der Waals surface area contributed by atoms with Gasteiger partial charge in [-0.05, 0) is 41.3 Å². The van der Waals surface area contributed by atoms with E-state index in [1.54, 1.807) is 0 Å². The first kappa shape index (κ1) is 16.3. The Morgan fingerprint density at radius 2 is 1.75 bits per heavy atom. The molecule has 0 aliphatic heterocycles. The highest BCUT2D eigenvalue weighted by Crippen LogP contribution is 2.17. The summed E-state index contributed by atoms with van der Waals surface area (Å²) >= 11 is 1.49. The van der Waals surface area contributed by atoms with Gasteiger partial charge in [-0.25, -0.2) is 0 Å². The Kier molecular flexibility index (Phi) is 5.64. The number of thiophene rings is 1. The van der Waals surface area contributed by atoms with Crippen molar-refractivity contribution >= 4 is 22.8 Å². The van der Waals surface area contributed by atoms with Crippen LogP contribution in [-0.2, 0) is 6.61 Å². The summed E-state index contributed by atoms with van der Waals surface area (Å²) in [5.41, 5.74) is 2.13. The largest absolute Gasteiger partial charge is 0.489 e. The molecule has 0 aliphatic carbocycles. The summed E-state index contributed by atoms with van der Waals surface area (Å²) in [6, 6.07) is 21.7. The van der Waals surface area contributed by atoms with Gasteiger partial charge in [-0.1, -0.05) is 36.4 Å². The van der Waals surface area contributed by atoms with Crippen molar-refractivity contribution in [1.82, 2.24) is 0 Å². The van der Waals surface area contributed by atoms with E-state index in [-0.39, 0.29) is 5.78 Å². The van der Waals surface area contributed by atoms with Crippen LogP contribution < -0.4 is 10.1 Å². The fourth-order valence-corrected chi connectivity index (χ4v) is 2.99. The summed E-state index contributed by atoms with van der Waals surface area (Å²) in [6.07, 6.45) is 0.493. The van der Waals surface area contributed by atoms with Crippen molar-refractivity contribution in [3.8, 4) is 5.75 Å². The van der Waals surface area contributed by atoms with Gasteiger partial charge in [0.15, 0.2) is 5.78 Å². The molecule has 0 bridgehead atoms. The van der Waals surface area contributed by atoms with Crippen molar-refractivity contribution in [2.24, 2.45) is 0 Å². The molecular formula is C20H19NO2S. The quantitative estimate of drug-likeness (QED) is 0.587. The molecule has 122 valence electrons. The summed E-state index contributed by atoms with van der Waals surface area (Å²) in [5, 5.41) is 5.19. The normalized spacial score (nSPS) is 10.3. The van der Waals surface area contributed by atoms with Gasteiger partial charge < -0.3 is 10.1 Å². The van der Waals surface area contributed by atoms with Gasteiger partial charge in [-0.2, -0.15) is 0 Å². The Hall–Kier alpha value is -2.59. The fraction of sp³-hybridized carbons (Fsp3) is 0.150. The lowest BCUT2D eigenvalue weighted by atomic mass is 10.2. The third-order valence-electron chi connectivity index (χ3n) is 3.58. The molecule has 1 aromatic heterocycles. The van der Waals surface area contributed by atoms with Crippen LogP contribution in [0, 0.1) is 0 Å². The number of carbonyl (C=O) groups is 1. The average Bonchev–Trinajstić information content (AvgIpc) is 3.17. The van der Waals surface area contributed by atoms with Gasteiger partial charge in [0.1, 0.15) is 12.4 Å². The van der Waals surface area contributed by atoms with Crippen molar-refractivity contribution in [3.05, 3.63) is 82.6 Å². The van der Waals surface area contributed by atoms with Crippen LogP contribution in [-0.4, -0.2) is 12.3 Å². The van der Waals surface area contributed by atoms with Crippen molar-refractivity contribution < 1.29 is 9.53 Å². The van der Waals surface area contributed by atoms with Crippen LogP contribution in [0.3, 0.4) is 0 Å². The molecule has 0 saturated carbocycles. The SMILES string of the molecule is O=C(CCNc1ccc(OCc2ccccc2)cc1)c1cccs1. The van der Waals surface area contributed by atoms with Gasteiger partial charge in [0.25, 0.3) is 0 Å². The molecule has 0 unspecified atom stereocenters. The summed E-state index contributed by atoms with van der Waals surface area (Å²) in [6.45, 7) is 1.18. The van der Waals surface area contributed by atoms with Gasteiger partial charge in [0, 0.05) is 18.7 Å². The van der Waals surface area contributed by atoms with E-state index in [9.17, 15) is 4.79 Å². The number of anilines is 1. The summed E-state index contributed by atoms with van der Waals surface area (Å²) < 4.78 is 5.76. The Labute approximate surface area is 145 Å². The van der Waals surface area contributed by atoms with Crippen LogP contribution in [0.15, 0.2) is 72.1 Å². The molecule has 0 spiro atoms. The van der Waals surface area contributed by atoms with E-state index in [2.05, 4.69) is 5.32 Å². The molecule has 0 fully saturated rings. The van der Waals surface area contributed by atoms with E-state index in [4.69, 9.17) is 4.74 Å². The predicted molar refractivity (Wildman–Crippen MR) is 99.0 cm³/mol. The number of benzene rings is 2. The molecule has 0 amide bonds. The monoisotopic (exact) mass is 337 g/mol. The van der Waals surface area contributed by atoms with Gasteiger partial charge in [0.2, 0.25) is 0 Å². The number of hydrogen-bond acceptors (Lipinski definition) is 4. The van der Waals surface area contributed by atoms with E-state index < -0.39 is 0 Å². The number of ether oxygens (including phenoxy) is 1. The molecule has 0 saturated heterocycles. The molecule has 4 heteroatoms. The Bertz CT molecular complexity index is 752. The highest BCUT2D eigenvalue weighted by Gasteiger charge is 2.06. The maximum absolute atomic E-state index is 11.9. The minimum atomic E-state index is 0.181. The minimum Gasteiger partial charge on any atom is -0.489 e. The number of ketones is 1. The Morgan fingerprint density at radius 3 is 2.46 bits per heavy atom. The second-order valence-electron chi connectivity index (χ2n) is 5.38. The summed E-state index contributed by atoms with van der Waals surface area (Å²) in [7, 11) is 0. The number of nitrogens with one attached hydrogen (secondary N) is 1. The van der Waals surface area contributed by atoms with Crippen molar-refractivity contribution in [2.45, 2.75) is 13.0 Å². The molecular weight excluding hydrogens is 318 g/mol. The first-order valence-electron chi connectivity index (χ1n) is 7.88. The summed E-state index contributed by atoms with van der Waals surface area (Å²) in [4.78, 5) is 12.7. The molecule has 2 aromatic carbocycles. The molecule has 0 aliphatic rings. The smallest absolute Gasteiger partial charge is 0.174 e. The van der Waals surface area contributed by atoms with Gasteiger partial charge in [0.05, 0.1) is 4.88 Å². The van der Waals surface area contributed by atoms with Crippen LogP contribution in [0.1, 0.15) is 21.7 Å².